The molecule has 2 aromatic carbocycles. The number of hydrogen-bond donors (Lipinski definition) is 1. The number of hydrogen-bond acceptors (Lipinski definition) is 5. The molecule has 1 aliphatic heterocycles. The van der Waals surface area contributed by atoms with Gasteiger partial charge in [-0.25, -0.2) is 9.49 Å². The number of carbonyl (C=O) groups excluding carboxylic acids is 2. The number of nitrogens with zero attached hydrogens (tertiary/aromatic N) is 3. The lowest BCUT2D eigenvalue weighted by atomic mass is 9.45. The van der Waals surface area contributed by atoms with Gasteiger partial charge < -0.3 is 14.5 Å². The van der Waals surface area contributed by atoms with Gasteiger partial charge >= 0.3 is 0 Å². The zero-order valence-corrected chi connectivity index (χ0v) is 32.4. The first-order valence-electron chi connectivity index (χ1n) is 21.1. The van der Waals surface area contributed by atoms with Crippen LogP contribution < -0.4 is 5.56 Å². The minimum Gasteiger partial charge on any atom is -0.378 e. The maximum atomic E-state index is 15.0. The van der Waals surface area contributed by atoms with Crippen LogP contribution in [0.5, 0.6) is 0 Å². The van der Waals surface area contributed by atoms with Crippen LogP contribution in [0.3, 0.4) is 0 Å². The summed E-state index contributed by atoms with van der Waals surface area (Å²) in [7, 11) is 0. The predicted molar refractivity (Wildman–Crippen MR) is 209 cm³/mol. The average molecular weight is 739 g/mol. The van der Waals surface area contributed by atoms with E-state index in [0.717, 1.165) is 60.5 Å². The minimum absolute atomic E-state index is 0.0129. The van der Waals surface area contributed by atoms with Gasteiger partial charge in [0.25, 0.3) is 11.5 Å². The van der Waals surface area contributed by atoms with Gasteiger partial charge in [0.15, 0.2) is 0 Å². The van der Waals surface area contributed by atoms with Gasteiger partial charge in [0.2, 0.25) is 5.91 Å². The van der Waals surface area contributed by atoms with Crippen molar-refractivity contribution in [3.63, 3.8) is 0 Å². The highest BCUT2D eigenvalue weighted by Crippen LogP contribution is 2.66. The molecule has 9 heteroatoms. The van der Waals surface area contributed by atoms with Crippen molar-refractivity contribution in [3.05, 3.63) is 75.5 Å². The van der Waals surface area contributed by atoms with Crippen molar-refractivity contribution in [2.75, 3.05) is 32.8 Å². The topological polar surface area (TPSA) is 95.6 Å². The van der Waals surface area contributed by atoms with Gasteiger partial charge in [0, 0.05) is 51.0 Å². The van der Waals surface area contributed by atoms with E-state index < -0.39 is 5.82 Å². The number of aromatic amines is 1. The Morgan fingerprint density at radius 1 is 0.852 bits per heavy atom. The Morgan fingerprint density at radius 2 is 1.63 bits per heavy atom. The van der Waals surface area contributed by atoms with Crippen molar-refractivity contribution in [2.45, 2.75) is 116 Å². The molecule has 2 amide bonds. The Morgan fingerprint density at radius 3 is 2.46 bits per heavy atom. The first-order valence-corrected chi connectivity index (χ1v) is 21.1. The van der Waals surface area contributed by atoms with E-state index in [0.29, 0.717) is 67.0 Å². The normalized spacial score (nSPS) is 30.8. The maximum absolute atomic E-state index is 15.0. The van der Waals surface area contributed by atoms with Crippen molar-refractivity contribution in [3.8, 4) is 0 Å². The molecular formula is C45H59FN4O4. The molecule has 1 aromatic heterocycles. The summed E-state index contributed by atoms with van der Waals surface area (Å²) in [5.41, 5.74) is 2.03. The van der Waals surface area contributed by atoms with Gasteiger partial charge in [-0.15, -0.1) is 0 Å². The van der Waals surface area contributed by atoms with Crippen molar-refractivity contribution < 1.29 is 18.7 Å². The summed E-state index contributed by atoms with van der Waals surface area (Å²) in [6, 6.07) is 11.8. The Bertz CT molecular complexity index is 1910. The number of aromatic nitrogens is 2. The first-order chi connectivity index (χ1) is 26.2. The van der Waals surface area contributed by atoms with E-state index in [1.165, 1.54) is 70.3 Å². The molecule has 0 bridgehead atoms. The fourth-order valence-corrected chi connectivity index (χ4v) is 12.1. The highest BCUT2D eigenvalue weighted by Gasteiger charge is 2.60. The van der Waals surface area contributed by atoms with Crippen LogP contribution in [-0.2, 0) is 16.0 Å². The lowest BCUT2D eigenvalue weighted by molar-refractivity contribution is -0.133. The summed E-state index contributed by atoms with van der Waals surface area (Å²) in [6.07, 6.45) is 18.0. The Hall–Kier alpha value is -3.59. The summed E-state index contributed by atoms with van der Waals surface area (Å²) in [5.74, 6) is 2.79. The maximum Gasteiger partial charge on any atom is 0.272 e. The highest BCUT2D eigenvalue weighted by atomic mass is 19.1. The quantitative estimate of drug-likeness (QED) is 0.211. The van der Waals surface area contributed by atoms with Crippen molar-refractivity contribution >= 4 is 22.6 Å². The molecule has 5 fully saturated rings. The van der Waals surface area contributed by atoms with Crippen LogP contribution in [0.25, 0.3) is 10.8 Å². The second-order valence-electron chi connectivity index (χ2n) is 17.9. The second kappa shape index (κ2) is 15.5. The van der Waals surface area contributed by atoms with Crippen LogP contribution in [-0.4, -0.2) is 70.7 Å². The van der Waals surface area contributed by atoms with Crippen LogP contribution in [0.2, 0.25) is 0 Å². The smallest absolute Gasteiger partial charge is 0.272 e. The number of amides is 2. The number of ether oxygens (including phenoxy) is 1. The zero-order valence-electron chi connectivity index (χ0n) is 32.4. The summed E-state index contributed by atoms with van der Waals surface area (Å²) in [4.78, 5) is 42.2. The molecule has 4 saturated carbocycles. The number of fused-ring (bicyclic) bond motifs is 6. The van der Waals surface area contributed by atoms with E-state index in [2.05, 4.69) is 24.0 Å². The highest BCUT2D eigenvalue weighted by molar-refractivity contribution is 5.95. The molecule has 0 radical (unpaired) electrons. The molecule has 54 heavy (non-hydrogen) atoms. The van der Waals surface area contributed by atoms with Gasteiger partial charge in [-0.3, -0.25) is 14.4 Å². The van der Waals surface area contributed by atoms with E-state index >= 15 is 0 Å². The third-order valence-electron chi connectivity index (χ3n) is 15.2. The first kappa shape index (κ1) is 37.3. The largest absolute Gasteiger partial charge is 0.378 e. The zero-order chi connectivity index (χ0) is 37.5. The molecule has 4 aliphatic carbocycles. The number of piperazine rings is 1. The fourth-order valence-electron chi connectivity index (χ4n) is 12.1. The van der Waals surface area contributed by atoms with Gasteiger partial charge in [0.1, 0.15) is 5.82 Å². The number of benzene rings is 2. The van der Waals surface area contributed by atoms with Crippen LogP contribution in [0.15, 0.2) is 47.3 Å². The van der Waals surface area contributed by atoms with Crippen LogP contribution in [0.4, 0.5) is 4.39 Å². The molecule has 1 saturated heterocycles. The monoisotopic (exact) mass is 738 g/mol. The van der Waals surface area contributed by atoms with E-state index in [1.54, 1.807) is 29.2 Å². The van der Waals surface area contributed by atoms with E-state index in [4.69, 9.17) is 4.74 Å². The fraction of sp³-hybridized carbons (Fsp3) is 0.644. The molecule has 290 valence electrons. The SMILES string of the molecule is CC12CC[C@H]3C(CC[C@H]4CCCCC43C)[C@@H]1CCC2OCCCCCC(=O)N1CCN(C(=O)c2cc(Cc3n[nH]c(=O)c4ccccc34)ccc2F)CC1. The average Bonchev–Trinajstić information content (AvgIpc) is 3.53. The number of carbonyl (C=O) groups is 2. The van der Waals surface area contributed by atoms with Gasteiger partial charge in [-0.1, -0.05) is 57.4 Å². The molecule has 4 unspecified atom stereocenters. The third kappa shape index (κ3) is 7.03. The number of nitrogens with one attached hydrogen (secondary N) is 1. The number of H-pyrrole nitrogens is 1. The summed E-state index contributed by atoms with van der Waals surface area (Å²) >= 11 is 0. The van der Waals surface area contributed by atoms with Crippen molar-refractivity contribution in [1.29, 1.82) is 0 Å². The van der Waals surface area contributed by atoms with Crippen LogP contribution in [0, 0.1) is 40.3 Å². The lowest BCUT2D eigenvalue weighted by Gasteiger charge is -2.60. The van der Waals surface area contributed by atoms with Crippen molar-refractivity contribution in [2.24, 2.45) is 34.5 Å². The van der Waals surface area contributed by atoms with Crippen molar-refractivity contribution in [1.82, 2.24) is 20.0 Å². The second-order valence-corrected chi connectivity index (χ2v) is 17.9. The summed E-state index contributed by atoms with van der Waals surface area (Å²) in [6.45, 7) is 7.64. The number of rotatable bonds is 10. The molecule has 5 aliphatic rings. The number of unbranched alkanes of at least 4 members (excludes halogenated alkanes) is 2. The van der Waals surface area contributed by atoms with Gasteiger partial charge in [0.05, 0.1) is 22.7 Å². The molecule has 7 atom stereocenters. The molecular weight excluding hydrogens is 680 g/mol. The van der Waals surface area contributed by atoms with Crippen LogP contribution >= 0.6 is 0 Å². The third-order valence-corrected chi connectivity index (χ3v) is 15.2. The van der Waals surface area contributed by atoms with Crippen LogP contribution in [0.1, 0.15) is 125 Å². The van der Waals surface area contributed by atoms with E-state index in [9.17, 15) is 18.8 Å². The standard InChI is InChI=1S/C45H59FN4O4/c1-44-21-8-7-10-31(44)15-16-34-36-17-19-40(45(36,2)22-20-37(34)44)54-27-9-3-4-13-41(51)49-23-25-50(26-24-49)43(53)35-28-30(14-18-38(35)46)29-39-32-11-5-6-12-33(32)42(52)48-47-39/h5-6,11-12,14,18,28,31,34,36-37,40H,3-4,7-10,13,15-17,19-27,29H2,1-2H3,(H,48,52)/t31-,34?,36+,37+,40?,44?,45?/m1/s1. The van der Waals surface area contributed by atoms with E-state index in [1.807, 2.05) is 17.0 Å². The molecule has 0 spiro atoms. The Kier molecular flexibility index (Phi) is 10.7. The van der Waals surface area contributed by atoms with Gasteiger partial charge in [-0.2, -0.15) is 5.10 Å². The summed E-state index contributed by atoms with van der Waals surface area (Å²) in [5, 5.41) is 8.04. The lowest BCUT2D eigenvalue weighted by Crippen LogP contribution is -2.53. The molecule has 3 aromatic rings. The molecule has 8 rings (SSSR count). The van der Waals surface area contributed by atoms with E-state index in [-0.39, 0.29) is 22.9 Å². The predicted octanol–water partition coefficient (Wildman–Crippen LogP) is 8.32. The molecule has 8 nitrogen and oxygen atoms in total. The van der Waals surface area contributed by atoms with Gasteiger partial charge in [-0.05, 0) is 122 Å². The molecule has 2 heterocycles. The minimum atomic E-state index is -0.573. The Labute approximate surface area is 319 Å². The number of halogens is 1. The molecule has 1 N–H and O–H groups in total. The Balaban J connectivity index is 0.762. The summed E-state index contributed by atoms with van der Waals surface area (Å²) < 4.78 is 21.6.